The van der Waals surface area contributed by atoms with Crippen LogP contribution in [-0.2, 0) is 0 Å². The van der Waals surface area contributed by atoms with Crippen molar-refractivity contribution in [2.45, 2.75) is 17.4 Å². The third-order valence-electron chi connectivity index (χ3n) is 2.84. The predicted octanol–water partition coefficient (Wildman–Crippen LogP) is 1.49. The first-order valence-electron chi connectivity index (χ1n) is 5.20. The average Bonchev–Trinajstić information content (AvgIpc) is 2.71. The van der Waals surface area contributed by atoms with Gasteiger partial charge in [-0.2, -0.15) is 0 Å². The van der Waals surface area contributed by atoms with E-state index in [9.17, 15) is 15.2 Å². The molecule has 0 spiro atoms. The van der Waals surface area contributed by atoms with Crippen LogP contribution in [-0.4, -0.2) is 35.0 Å². The number of hydrogen-bond donors (Lipinski definition) is 1. The number of nitro groups is 1. The molecule has 1 saturated heterocycles. The van der Waals surface area contributed by atoms with Crippen LogP contribution in [0.15, 0.2) is 24.3 Å². The highest BCUT2D eigenvalue weighted by Crippen LogP contribution is 2.42. The molecule has 1 fully saturated rings. The van der Waals surface area contributed by atoms with Crippen LogP contribution in [0, 0.1) is 10.1 Å². The maximum Gasteiger partial charge on any atom is 0.255 e. The number of rotatable bonds is 3. The summed E-state index contributed by atoms with van der Waals surface area (Å²) in [7, 11) is 1.57. The molecule has 92 valence electrons. The lowest BCUT2D eigenvalue weighted by Gasteiger charge is -2.14. The van der Waals surface area contributed by atoms with Gasteiger partial charge < -0.3 is 9.84 Å². The lowest BCUT2D eigenvalue weighted by Crippen LogP contribution is -2.33. The quantitative estimate of drug-likeness (QED) is 0.654. The molecule has 0 aliphatic carbocycles. The highest BCUT2D eigenvalue weighted by atomic mass is 32.2. The van der Waals surface area contributed by atoms with Crippen molar-refractivity contribution in [1.29, 1.82) is 0 Å². The Balaban J connectivity index is 2.23. The van der Waals surface area contributed by atoms with E-state index in [1.54, 1.807) is 19.2 Å². The molecule has 1 aromatic rings. The van der Waals surface area contributed by atoms with Gasteiger partial charge in [0.15, 0.2) is 0 Å². The fourth-order valence-electron chi connectivity index (χ4n) is 1.94. The van der Waals surface area contributed by atoms with Gasteiger partial charge in [-0.05, 0) is 17.7 Å². The first-order valence-corrected chi connectivity index (χ1v) is 6.25. The molecule has 1 aliphatic heterocycles. The summed E-state index contributed by atoms with van der Waals surface area (Å²) < 4.78 is 5.04. The van der Waals surface area contributed by atoms with Crippen LogP contribution >= 0.6 is 11.8 Å². The lowest BCUT2D eigenvalue weighted by atomic mass is 10.0. The Labute approximate surface area is 103 Å². The molecule has 5 nitrogen and oxygen atoms in total. The van der Waals surface area contributed by atoms with E-state index in [1.165, 1.54) is 11.8 Å². The van der Waals surface area contributed by atoms with Crippen LogP contribution in [0.4, 0.5) is 0 Å². The molecule has 0 aromatic heterocycles. The molecule has 1 aliphatic rings. The smallest absolute Gasteiger partial charge is 0.255 e. The number of aliphatic hydroxyl groups excluding tert-OH is 1. The topological polar surface area (TPSA) is 72.6 Å². The highest BCUT2D eigenvalue weighted by molar-refractivity contribution is 7.99. The Morgan fingerprint density at radius 2 is 2.12 bits per heavy atom. The van der Waals surface area contributed by atoms with E-state index in [2.05, 4.69) is 0 Å². The molecule has 1 N–H and O–H groups in total. The number of methoxy groups -OCH3 is 1. The Bertz CT molecular complexity index is 408. The van der Waals surface area contributed by atoms with Crippen LogP contribution in [0.5, 0.6) is 5.75 Å². The molecule has 0 radical (unpaired) electrons. The molecule has 0 amide bonds. The van der Waals surface area contributed by atoms with Gasteiger partial charge in [0.1, 0.15) is 11.9 Å². The monoisotopic (exact) mass is 255 g/mol. The Kier molecular flexibility index (Phi) is 3.54. The van der Waals surface area contributed by atoms with E-state index in [0.717, 1.165) is 11.3 Å². The third-order valence-corrected chi connectivity index (χ3v) is 4.28. The highest BCUT2D eigenvalue weighted by Gasteiger charge is 2.45. The van der Waals surface area contributed by atoms with Crippen molar-refractivity contribution in [2.24, 2.45) is 0 Å². The summed E-state index contributed by atoms with van der Waals surface area (Å²) >= 11 is 1.42. The zero-order valence-electron chi connectivity index (χ0n) is 9.28. The first kappa shape index (κ1) is 12.2. The summed E-state index contributed by atoms with van der Waals surface area (Å²) in [6, 6.07) is 6.25. The summed E-state index contributed by atoms with van der Waals surface area (Å²) in [6.07, 6.45) is -0.873. The number of hydrogen-bond acceptors (Lipinski definition) is 5. The van der Waals surface area contributed by atoms with Crippen molar-refractivity contribution in [3.63, 3.8) is 0 Å². The van der Waals surface area contributed by atoms with Crippen molar-refractivity contribution in [2.75, 3.05) is 12.9 Å². The normalized spacial score (nSPS) is 28.0. The van der Waals surface area contributed by atoms with E-state index in [1.807, 2.05) is 12.1 Å². The summed E-state index contributed by atoms with van der Waals surface area (Å²) in [5.74, 6) is 1.12. The number of nitrogens with zero attached hydrogens (tertiary/aromatic N) is 1. The minimum Gasteiger partial charge on any atom is -0.497 e. The van der Waals surface area contributed by atoms with E-state index in [0.29, 0.717) is 5.75 Å². The maximum absolute atomic E-state index is 10.9. The van der Waals surface area contributed by atoms with Gasteiger partial charge in [0.25, 0.3) is 6.04 Å². The number of ether oxygens (including phenoxy) is 1. The first-order chi connectivity index (χ1) is 8.13. The second-order valence-electron chi connectivity index (χ2n) is 3.87. The molecular weight excluding hydrogens is 242 g/mol. The van der Waals surface area contributed by atoms with E-state index in [-0.39, 0.29) is 10.2 Å². The van der Waals surface area contributed by atoms with Gasteiger partial charge in [-0.1, -0.05) is 12.1 Å². The van der Waals surface area contributed by atoms with E-state index < -0.39 is 12.1 Å². The lowest BCUT2D eigenvalue weighted by molar-refractivity contribution is -0.531. The Morgan fingerprint density at radius 3 is 2.65 bits per heavy atom. The zero-order valence-corrected chi connectivity index (χ0v) is 10.1. The van der Waals surface area contributed by atoms with Crippen LogP contribution in [0.2, 0.25) is 0 Å². The zero-order chi connectivity index (χ0) is 12.4. The molecule has 3 atom stereocenters. The third kappa shape index (κ3) is 2.37. The van der Waals surface area contributed by atoms with Crippen LogP contribution in [0.25, 0.3) is 0 Å². The van der Waals surface area contributed by atoms with Gasteiger partial charge >= 0.3 is 0 Å². The molecule has 1 heterocycles. The minimum atomic E-state index is -0.923. The van der Waals surface area contributed by atoms with Crippen molar-refractivity contribution in [3.05, 3.63) is 39.9 Å². The molecule has 1 aromatic carbocycles. The average molecular weight is 255 g/mol. The number of aliphatic hydroxyl groups is 1. The summed E-state index contributed by atoms with van der Waals surface area (Å²) in [4.78, 5) is 10.5. The minimum absolute atomic E-state index is 0.286. The van der Waals surface area contributed by atoms with Crippen molar-refractivity contribution >= 4 is 11.8 Å². The molecule has 1 unspecified atom stereocenters. The van der Waals surface area contributed by atoms with Crippen LogP contribution in [0.3, 0.4) is 0 Å². The molecule has 17 heavy (non-hydrogen) atoms. The summed E-state index contributed by atoms with van der Waals surface area (Å²) in [5.41, 5.74) is 0.856. The van der Waals surface area contributed by atoms with Crippen molar-refractivity contribution in [1.82, 2.24) is 0 Å². The second-order valence-corrected chi connectivity index (χ2v) is 5.04. The van der Waals surface area contributed by atoms with Crippen LogP contribution in [0.1, 0.15) is 10.8 Å². The van der Waals surface area contributed by atoms with E-state index >= 15 is 0 Å². The second kappa shape index (κ2) is 4.93. The fourth-order valence-corrected chi connectivity index (χ4v) is 3.37. The van der Waals surface area contributed by atoms with Crippen molar-refractivity contribution < 1.29 is 14.8 Å². The number of thioether (sulfide) groups is 1. The predicted molar refractivity (Wildman–Crippen MR) is 65.0 cm³/mol. The van der Waals surface area contributed by atoms with Crippen molar-refractivity contribution in [3.8, 4) is 5.75 Å². The Hall–Kier alpha value is -1.27. The fraction of sp³-hybridized carbons (Fsp3) is 0.455. The SMILES string of the molecule is COc1ccc([C@H]2SCC(O)[C@@H]2[N+](=O)[O-])cc1. The van der Waals surface area contributed by atoms with E-state index in [4.69, 9.17) is 4.74 Å². The summed E-state index contributed by atoms with van der Waals surface area (Å²) in [5, 5.41) is 20.2. The molecule has 0 bridgehead atoms. The molecule has 2 rings (SSSR count). The molecule has 0 saturated carbocycles. The standard InChI is InChI=1S/C11H13NO4S/c1-16-8-4-2-7(3-5-8)11-10(12(14)15)9(13)6-17-11/h2-5,9-11,13H,6H2,1H3/t9?,10-,11+/m0/s1. The van der Waals surface area contributed by atoms with Gasteiger partial charge in [0.2, 0.25) is 0 Å². The largest absolute Gasteiger partial charge is 0.497 e. The van der Waals surface area contributed by atoms with Crippen LogP contribution < -0.4 is 4.74 Å². The molecular formula is C11H13NO4S. The Morgan fingerprint density at radius 1 is 1.47 bits per heavy atom. The van der Waals surface area contributed by atoms with Gasteiger partial charge in [-0.25, -0.2) is 0 Å². The van der Waals surface area contributed by atoms with Gasteiger partial charge in [0.05, 0.1) is 12.4 Å². The maximum atomic E-state index is 10.9. The molecule has 6 heteroatoms. The van der Waals surface area contributed by atoms with Gasteiger partial charge in [0, 0.05) is 10.7 Å². The van der Waals surface area contributed by atoms with Gasteiger partial charge in [-0.3, -0.25) is 10.1 Å². The number of benzene rings is 1. The van der Waals surface area contributed by atoms with Gasteiger partial charge in [-0.15, -0.1) is 11.8 Å². The summed E-state index contributed by atoms with van der Waals surface area (Å²) in [6.45, 7) is 0.